The number of amides is 1. The van der Waals surface area contributed by atoms with Crippen LogP contribution in [0.2, 0.25) is 5.02 Å². The quantitative estimate of drug-likeness (QED) is 0.568. The number of halogens is 3. The molecule has 0 aliphatic carbocycles. The Hall–Kier alpha value is -1.70. The van der Waals surface area contributed by atoms with Gasteiger partial charge in [-0.2, -0.15) is 0 Å². The number of hydrogen-bond donors (Lipinski definition) is 3. The summed E-state index contributed by atoms with van der Waals surface area (Å²) in [6.07, 6.45) is 1.32. The Balaban J connectivity index is 2.26. The van der Waals surface area contributed by atoms with E-state index in [1.807, 2.05) is 0 Å². The first-order chi connectivity index (χ1) is 9.92. The number of aromatic nitrogens is 1. The number of carbonyl (C=O) groups is 1. The second-order valence-electron chi connectivity index (χ2n) is 4.23. The highest BCUT2D eigenvalue weighted by atomic mass is 79.9. The number of nitrogens with one attached hydrogen (secondary N) is 2. The first-order valence-corrected chi connectivity index (χ1v) is 6.98. The van der Waals surface area contributed by atoms with Crippen LogP contribution in [0.4, 0.5) is 15.9 Å². The maximum Gasteiger partial charge on any atom is 0.257 e. The van der Waals surface area contributed by atoms with Crippen molar-refractivity contribution in [1.29, 1.82) is 0 Å². The Labute approximate surface area is 133 Å². The molecule has 1 amide bonds. The summed E-state index contributed by atoms with van der Waals surface area (Å²) in [5.74, 6) is 4.56. The molecular formula is C13H11BrClFN4O. The first kappa shape index (κ1) is 15.7. The van der Waals surface area contributed by atoms with E-state index in [-0.39, 0.29) is 16.4 Å². The van der Waals surface area contributed by atoms with Crippen LogP contribution in [-0.2, 0) is 0 Å². The minimum Gasteiger partial charge on any atom is -0.322 e. The monoisotopic (exact) mass is 372 g/mol. The fraction of sp³-hybridized carbons (Fsp3) is 0.0769. The number of nitrogens with zero attached hydrogens (tertiary/aromatic N) is 1. The highest BCUT2D eigenvalue weighted by molar-refractivity contribution is 9.10. The van der Waals surface area contributed by atoms with Crippen LogP contribution in [0, 0.1) is 12.7 Å². The molecule has 8 heteroatoms. The number of carbonyl (C=O) groups excluding carboxylic acids is 1. The van der Waals surface area contributed by atoms with Gasteiger partial charge in [-0.05, 0) is 46.6 Å². The van der Waals surface area contributed by atoms with Crippen LogP contribution < -0.4 is 16.6 Å². The molecule has 0 aliphatic rings. The lowest BCUT2D eigenvalue weighted by Crippen LogP contribution is -2.15. The molecule has 1 heterocycles. The molecule has 0 spiro atoms. The molecule has 0 radical (unpaired) electrons. The van der Waals surface area contributed by atoms with Gasteiger partial charge in [0.15, 0.2) is 5.82 Å². The third kappa shape index (κ3) is 3.49. The van der Waals surface area contributed by atoms with Gasteiger partial charge in [0.2, 0.25) is 0 Å². The summed E-state index contributed by atoms with van der Waals surface area (Å²) < 4.78 is 13.9. The first-order valence-electron chi connectivity index (χ1n) is 5.81. The molecule has 0 saturated heterocycles. The van der Waals surface area contributed by atoms with Crippen molar-refractivity contribution >= 4 is 44.9 Å². The average molecular weight is 374 g/mol. The number of anilines is 2. The molecule has 0 unspecified atom stereocenters. The van der Waals surface area contributed by atoms with Crippen molar-refractivity contribution in [2.45, 2.75) is 6.92 Å². The lowest BCUT2D eigenvalue weighted by atomic mass is 10.2. The van der Waals surface area contributed by atoms with Crippen LogP contribution in [0.15, 0.2) is 28.9 Å². The van der Waals surface area contributed by atoms with Gasteiger partial charge in [-0.15, -0.1) is 0 Å². The van der Waals surface area contributed by atoms with E-state index in [1.54, 1.807) is 13.0 Å². The summed E-state index contributed by atoms with van der Waals surface area (Å²) >= 11 is 8.99. The van der Waals surface area contributed by atoms with Crippen LogP contribution in [0.3, 0.4) is 0 Å². The molecule has 0 aliphatic heterocycles. The molecule has 110 valence electrons. The van der Waals surface area contributed by atoms with Crippen molar-refractivity contribution in [1.82, 2.24) is 4.98 Å². The van der Waals surface area contributed by atoms with Crippen LogP contribution in [-0.4, -0.2) is 10.9 Å². The standard InChI is InChI=1S/C13H11BrClFN4O/c1-6-2-8(14)10(16)4-11(6)19-13(21)7-3-9(15)12(20-17)18-5-7/h2-5H,17H2,1H3,(H,18,20)(H,19,21). The van der Waals surface area contributed by atoms with Gasteiger partial charge in [-0.25, -0.2) is 15.2 Å². The normalized spacial score (nSPS) is 10.3. The zero-order chi connectivity index (χ0) is 15.6. The summed E-state index contributed by atoms with van der Waals surface area (Å²) in [7, 11) is 0. The summed E-state index contributed by atoms with van der Waals surface area (Å²) in [4.78, 5) is 16.0. The van der Waals surface area contributed by atoms with Gasteiger partial charge in [-0.1, -0.05) is 11.6 Å². The molecule has 2 rings (SSSR count). The number of hydrazine groups is 1. The van der Waals surface area contributed by atoms with Gasteiger partial charge >= 0.3 is 0 Å². The number of pyridine rings is 1. The van der Waals surface area contributed by atoms with Crippen LogP contribution in [0.1, 0.15) is 15.9 Å². The van der Waals surface area contributed by atoms with Gasteiger partial charge in [-0.3, -0.25) is 4.79 Å². The number of nitrogens with two attached hydrogens (primary N) is 1. The molecule has 4 N–H and O–H groups in total. The molecule has 0 saturated carbocycles. The van der Waals surface area contributed by atoms with Gasteiger partial charge in [0.05, 0.1) is 15.1 Å². The van der Waals surface area contributed by atoms with Gasteiger partial charge in [0.25, 0.3) is 5.91 Å². The zero-order valence-corrected chi connectivity index (χ0v) is 13.2. The highest BCUT2D eigenvalue weighted by Gasteiger charge is 2.12. The summed E-state index contributed by atoms with van der Waals surface area (Å²) in [6, 6.07) is 4.24. The Kier molecular flexibility index (Phi) is 4.76. The van der Waals surface area contributed by atoms with Crippen molar-refractivity contribution in [3.8, 4) is 0 Å². The minimum absolute atomic E-state index is 0.212. The van der Waals surface area contributed by atoms with Crippen molar-refractivity contribution < 1.29 is 9.18 Å². The Bertz CT molecular complexity index is 711. The van der Waals surface area contributed by atoms with E-state index in [0.717, 1.165) is 5.56 Å². The Morgan fingerprint density at radius 1 is 1.43 bits per heavy atom. The molecule has 1 aromatic carbocycles. The molecule has 1 aromatic heterocycles. The van der Waals surface area contributed by atoms with Crippen molar-refractivity contribution in [2.75, 3.05) is 10.7 Å². The second kappa shape index (κ2) is 6.38. The molecule has 0 bridgehead atoms. The molecule has 5 nitrogen and oxygen atoms in total. The van der Waals surface area contributed by atoms with E-state index < -0.39 is 11.7 Å². The predicted octanol–water partition coefficient (Wildman–Crippen LogP) is 3.48. The number of benzene rings is 1. The molecule has 0 atom stereocenters. The third-order valence-corrected chi connectivity index (χ3v) is 3.65. The largest absolute Gasteiger partial charge is 0.322 e. The zero-order valence-electron chi connectivity index (χ0n) is 10.9. The maximum absolute atomic E-state index is 13.5. The minimum atomic E-state index is -0.463. The fourth-order valence-electron chi connectivity index (χ4n) is 1.64. The topological polar surface area (TPSA) is 80.0 Å². The third-order valence-electron chi connectivity index (χ3n) is 2.76. The van der Waals surface area contributed by atoms with E-state index in [9.17, 15) is 9.18 Å². The molecular weight excluding hydrogens is 363 g/mol. The van der Waals surface area contributed by atoms with E-state index in [4.69, 9.17) is 17.4 Å². The Morgan fingerprint density at radius 2 is 2.14 bits per heavy atom. The van der Waals surface area contributed by atoms with Crippen molar-refractivity contribution in [2.24, 2.45) is 5.84 Å². The predicted molar refractivity (Wildman–Crippen MR) is 83.8 cm³/mol. The molecule has 21 heavy (non-hydrogen) atoms. The van der Waals surface area contributed by atoms with Crippen LogP contribution >= 0.6 is 27.5 Å². The number of hydrogen-bond acceptors (Lipinski definition) is 4. The SMILES string of the molecule is Cc1cc(Br)c(F)cc1NC(=O)c1cnc(NN)c(Cl)c1. The number of nitrogen functional groups attached to an aromatic ring is 1. The van der Waals surface area contributed by atoms with Crippen molar-refractivity contribution in [3.63, 3.8) is 0 Å². The molecule has 2 aromatic rings. The van der Waals surface area contributed by atoms with E-state index in [0.29, 0.717) is 10.2 Å². The average Bonchev–Trinajstić information content (AvgIpc) is 2.44. The Morgan fingerprint density at radius 3 is 2.76 bits per heavy atom. The number of rotatable bonds is 3. The van der Waals surface area contributed by atoms with E-state index in [1.165, 1.54) is 18.3 Å². The summed E-state index contributed by atoms with van der Waals surface area (Å²) in [5.41, 5.74) is 3.63. The molecule has 0 fully saturated rings. The summed E-state index contributed by atoms with van der Waals surface area (Å²) in [6.45, 7) is 1.76. The van der Waals surface area contributed by atoms with E-state index >= 15 is 0 Å². The van der Waals surface area contributed by atoms with E-state index in [2.05, 4.69) is 31.7 Å². The summed E-state index contributed by atoms with van der Waals surface area (Å²) in [5, 5.41) is 2.82. The smallest absolute Gasteiger partial charge is 0.257 e. The van der Waals surface area contributed by atoms with Crippen LogP contribution in [0.5, 0.6) is 0 Å². The number of aryl methyl sites for hydroxylation is 1. The van der Waals surface area contributed by atoms with Crippen molar-refractivity contribution in [3.05, 3.63) is 50.8 Å². The van der Waals surface area contributed by atoms with Crippen LogP contribution in [0.25, 0.3) is 0 Å². The highest BCUT2D eigenvalue weighted by Crippen LogP contribution is 2.25. The maximum atomic E-state index is 13.5. The fourth-order valence-corrected chi connectivity index (χ4v) is 2.32. The second-order valence-corrected chi connectivity index (χ2v) is 5.50. The lowest BCUT2D eigenvalue weighted by Gasteiger charge is -2.10. The van der Waals surface area contributed by atoms with Gasteiger partial charge < -0.3 is 10.7 Å². The van der Waals surface area contributed by atoms with Gasteiger partial charge in [0.1, 0.15) is 5.82 Å². The van der Waals surface area contributed by atoms with Gasteiger partial charge in [0, 0.05) is 11.9 Å². The lowest BCUT2D eigenvalue weighted by molar-refractivity contribution is 0.102.